The van der Waals surface area contributed by atoms with Gasteiger partial charge >= 0.3 is 0 Å². The topological polar surface area (TPSA) is 58.2 Å². The average Bonchev–Trinajstić information content (AvgIpc) is 2.42. The fourth-order valence-electron chi connectivity index (χ4n) is 2.26. The molecule has 0 saturated carbocycles. The minimum atomic E-state index is -3.33. The number of piperidine rings is 1. The maximum Gasteiger partial charge on any atom is 0.232 e. The van der Waals surface area contributed by atoms with Gasteiger partial charge in [0, 0.05) is 10.5 Å². The van der Waals surface area contributed by atoms with Crippen LogP contribution in [-0.4, -0.2) is 26.8 Å². The first-order valence-electron chi connectivity index (χ1n) is 6.65. The lowest BCUT2D eigenvalue weighted by Gasteiger charge is -2.23. The summed E-state index contributed by atoms with van der Waals surface area (Å²) in [6, 6.07) is 5.32. The van der Waals surface area contributed by atoms with Crippen molar-refractivity contribution < 1.29 is 8.42 Å². The van der Waals surface area contributed by atoms with Gasteiger partial charge in [0.1, 0.15) is 0 Å². The fraction of sp³-hybridized carbons (Fsp3) is 0.538. The Hall–Kier alpha value is -0.300. The van der Waals surface area contributed by atoms with E-state index in [2.05, 4.69) is 26.0 Å². The van der Waals surface area contributed by atoms with Gasteiger partial charge in [-0.25, -0.2) is 8.42 Å². The number of benzene rings is 1. The molecule has 2 rings (SSSR count). The summed E-state index contributed by atoms with van der Waals surface area (Å²) < 4.78 is 27.4. The van der Waals surface area contributed by atoms with E-state index in [4.69, 9.17) is 11.6 Å². The summed E-state index contributed by atoms with van der Waals surface area (Å²) in [5.41, 5.74) is 0.495. The van der Waals surface area contributed by atoms with Crippen molar-refractivity contribution in [3.05, 3.63) is 27.7 Å². The molecular formula is C13H18BrClN2O2S. The highest BCUT2D eigenvalue weighted by atomic mass is 79.9. The number of anilines is 1. The summed E-state index contributed by atoms with van der Waals surface area (Å²) in [5.74, 6) is 0.123. The number of halogens is 2. The average molecular weight is 382 g/mol. The van der Waals surface area contributed by atoms with Crippen molar-refractivity contribution in [1.82, 2.24) is 5.32 Å². The Labute approximate surface area is 133 Å². The Balaban J connectivity index is 1.91. The molecule has 7 heteroatoms. The van der Waals surface area contributed by atoms with E-state index in [-0.39, 0.29) is 5.75 Å². The third-order valence-corrected chi connectivity index (χ3v) is 5.89. The zero-order chi connectivity index (χ0) is 14.6. The van der Waals surface area contributed by atoms with Crippen molar-refractivity contribution in [1.29, 1.82) is 0 Å². The molecule has 1 fully saturated rings. The summed E-state index contributed by atoms with van der Waals surface area (Å²) >= 11 is 9.22. The van der Waals surface area contributed by atoms with Crippen LogP contribution in [0.4, 0.5) is 5.69 Å². The van der Waals surface area contributed by atoms with Gasteiger partial charge in [-0.2, -0.15) is 0 Å². The zero-order valence-corrected chi connectivity index (χ0v) is 14.2. The first-order valence-corrected chi connectivity index (χ1v) is 9.47. The largest absolute Gasteiger partial charge is 0.314 e. The molecule has 2 N–H and O–H groups in total. The lowest BCUT2D eigenvalue weighted by atomic mass is 10.0. The fourth-order valence-corrected chi connectivity index (χ4v) is 3.87. The Morgan fingerprint density at radius 3 is 2.85 bits per heavy atom. The Morgan fingerprint density at radius 2 is 2.20 bits per heavy atom. The number of nitrogens with one attached hydrogen (secondary N) is 2. The van der Waals surface area contributed by atoms with E-state index < -0.39 is 10.0 Å². The van der Waals surface area contributed by atoms with Crippen LogP contribution in [0, 0.1) is 0 Å². The van der Waals surface area contributed by atoms with Crippen molar-refractivity contribution in [3.63, 3.8) is 0 Å². The molecule has 1 saturated heterocycles. The second kappa shape index (κ2) is 7.11. The van der Waals surface area contributed by atoms with Gasteiger partial charge < -0.3 is 5.32 Å². The van der Waals surface area contributed by atoms with Gasteiger partial charge in [-0.15, -0.1) is 0 Å². The molecule has 1 unspecified atom stereocenters. The summed E-state index contributed by atoms with van der Waals surface area (Å²) in [6.07, 6.45) is 4.05. The molecule has 1 heterocycles. The van der Waals surface area contributed by atoms with Crippen LogP contribution in [0.5, 0.6) is 0 Å². The van der Waals surface area contributed by atoms with E-state index in [1.807, 2.05) is 0 Å². The molecule has 4 nitrogen and oxygen atoms in total. The molecular weight excluding hydrogens is 364 g/mol. The van der Waals surface area contributed by atoms with E-state index in [0.717, 1.165) is 17.4 Å². The first-order chi connectivity index (χ1) is 9.46. The van der Waals surface area contributed by atoms with Crippen LogP contribution in [0.15, 0.2) is 22.7 Å². The summed E-state index contributed by atoms with van der Waals surface area (Å²) in [5, 5.41) is 3.84. The van der Waals surface area contributed by atoms with Gasteiger partial charge in [0.25, 0.3) is 0 Å². The minimum Gasteiger partial charge on any atom is -0.314 e. The predicted octanol–water partition coefficient (Wildman–Crippen LogP) is 3.38. The van der Waals surface area contributed by atoms with E-state index in [1.165, 1.54) is 12.8 Å². The molecule has 1 aliphatic heterocycles. The highest BCUT2D eigenvalue weighted by Crippen LogP contribution is 2.26. The summed E-state index contributed by atoms with van der Waals surface area (Å²) in [6.45, 7) is 0.987. The monoisotopic (exact) mass is 380 g/mol. The minimum absolute atomic E-state index is 0.123. The first kappa shape index (κ1) is 16.1. The van der Waals surface area contributed by atoms with Crippen LogP contribution < -0.4 is 10.0 Å². The molecule has 0 aromatic heterocycles. The second-order valence-corrected chi connectivity index (χ2v) is 8.09. The number of hydrogen-bond acceptors (Lipinski definition) is 3. The van der Waals surface area contributed by atoms with Crippen LogP contribution in [0.25, 0.3) is 0 Å². The highest BCUT2D eigenvalue weighted by Gasteiger charge is 2.17. The van der Waals surface area contributed by atoms with E-state index >= 15 is 0 Å². The van der Waals surface area contributed by atoms with Gasteiger partial charge in [-0.3, -0.25) is 4.72 Å². The van der Waals surface area contributed by atoms with Gasteiger partial charge in [0.15, 0.2) is 0 Å². The quantitative estimate of drug-likeness (QED) is 0.822. The molecule has 1 aromatic rings. The molecule has 20 heavy (non-hydrogen) atoms. The van der Waals surface area contributed by atoms with Crippen LogP contribution in [0.1, 0.15) is 25.7 Å². The molecule has 112 valence electrons. The lowest BCUT2D eigenvalue weighted by molar-refractivity contribution is 0.393. The smallest absolute Gasteiger partial charge is 0.232 e. The summed E-state index contributed by atoms with van der Waals surface area (Å²) in [7, 11) is -3.33. The normalized spacial score (nSPS) is 19.8. The molecule has 1 aromatic carbocycles. The Bertz CT molecular complexity index is 559. The third kappa shape index (κ3) is 4.91. The van der Waals surface area contributed by atoms with Crippen molar-refractivity contribution in [3.8, 4) is 0 Å². The van der Waals surface area contributed by atoms with Gasteiger partial charge in [0.2, 0.25) is 10.0 Å². The van der Waals surface area contributed by atoms with Crippen molar-refractivity contribution in [2.75, 3.05) is 17.0 Å². The Morgan fingerprint density at radius 1 is 1.40 bits per heavy atom. The molecule has 1 aliphatic rings. The van der Waals surface area contributed by atoms with Crippen LogP contribution in [0.3, 0.4) is 0 Å². The molecule has 0 amide bonds. The maximum absolute atomic E-state index is 12.0. The van der Waals surface area contributed by atoms with Crippen molar-refractivity contribution in [2.45, 2.75) is 31.7 Å². The van der Waals surface area contributed by atoms with Crippen molar-refractivity contribution >= 4 is 43.2 Å². The number of hydrogen-bond donors (Lipinski definition) is 2. The zero-order valence-electron chi connectivity index (χ0n) is 11.0. The second-order valence-electron chi connectivity index (χ2n) is 4.99. The van der Waals surface area contributed by atoms with E-state index in [1.54, 1.807) is 18.2 Å². The standard InChI is InChI=1S/C13H18BrClN2O2S/c14-12-5-4-11(9-13(12)15)17-20(18,19)8-6-10-3-1-2-7-16-10/h4-5,9-10,16-17H,1-3,6-8H2. The highest BCUT2D eigenvalue weighted by molar-refractivity contribution is 9.10. The SMILES string of the molecule is O=S(=O)(CCC1CCCCN1)Nc1ccc(Br)c(Cl)c1. The van der Waals surface area contributed by atoms with Crippen LogP contribution in [-0.2, 0) is 10.0 Å². The van der Waals surface area contributed by atoms with Gasteiger partial charge in [-0.05, 0) is 59.9 Å². The lowest BCUT2D eigenvalue weighted by Crippen LogP contribution is -2.36. The molecule has 1 atom stereocenters. The molecule has 0 aliphatic carbocycles. The molecule has 0 radical (unpaired) electrons. The number of rotatable bonds is 5. The molecule has 0 bridgehead atoms. The maximum atomic E-state index is 12.0. The third-order valence-electron chi connectivity index (χ3n) is 3.34. The van der Waals surface area contributed by atoms with Gasteiger partial charge in [-0.1, -0.05) is 18.0 Å². The molecule has 0 spiro atoms. The van der Waals surface area contributed by atoms with E-state index in [9.17, 15) is 8.42 Å². The van der Waals surface area contributed by atoms with Crippen LogP contribution >= 0.6 is 27.5 Å². The van der Waals surface area contributed by atoms with E-state index in [0.29, 0.717) is 23.2 Å². The number of sulfonamides is 1. The summed E-state index contributed by atoms with van der Waals surface area (Å²) in [4.78, 5) is 0. The van der Waals surface area contributed by atoms with Gasteiger partial charge in [0.05, 0.1) is 16.5 Å². The van der Waals surface area contributed by atoms with Crippen molar-refractivity contribution in [2.24, 2.45) is 0 Å². The predicted molar refractivity (Wildman–Crippen MR) is 86.8 cm³/mol. The van der Waals surface area contributed by atoms with Crippen LogP contribution in [0.2, 0.25) is 5.02 Å². The Kier molecular flexibility index (Phi) is 5.72.